The second kappa shape index (κ2) is 10.6. The van der Waals surface area contributed by atoms with Crippen LogP contribution in [-0.4, -0.2) is 26.2 Å². The van der Waals surface area contributed by atoms with E-state index in [1.807, 2.05) is 0 Å². The summed E-state index contributed by atoms with van der Waals surface area (Å²) in [6.45, 7) is 0.302. The van der Waals surface area contributed by atoms with Gasteiger partial charge >= 0.3 is 6.61 Å². The number of rotatable bonds is 10. The quantitative estimate of drug-likeness (QED) is 0.393. The number of hydrogen-bond acceptors (Lipinski definition) is 3. The minimum absolute atomic E-state index is 0.0127. The summed E-state index contributed by atoms with van der Waals surface area (Å²) in [5, 5.41) is 3.03. The van der Waals surface area contributed by atoms with E-state index in [0.717, 1.165) is 19.4 Å². The molecule has 0 aromatic heterocycles. The molecule has 0 amide bonds. The van der Waals surface area contributed by atoms with Crippen LogP contribution in [0.4, 0.5) is 8.78 Å². The van der Waals surface area contributed by atoms with Gasteiger partial charge in [-0.1, -0.05) is 32.3 Å². The molecule has 3 N–H and O–H groups in total. The molecule has 7 heteroatoms. The van der Waals surface area contributed by atoms with Crippen molar-refractivity contribution in [2.75, 3.05) is 13.7 Å². The highest BCUT2D eigenvalue weighted by Crippen LogP contribution is 2.29. The summed E-state index contributed by atoms with van der Waals surface area (Å²) in [6, 6.07) is 4.77. The molecule has 0 aliphatic carbocycles. The van der Waals surface area contributed by atoms with Crippen molar-refractivity contribution in [1.29, 1.82) is 0 Å². The Morgan fingerprint density at radius 3 is 2.70 bits per heavy atom. The van der Waals surface area contributed by atoms with Crippen LogP contribution in [0.3, 0.4) is 0 Å². The number of nitrogens with two attached hydrogens (primary N) is 1. The molecule has 0 saturated carbocycles. The van der Waals surface area contributed by atoms with Gasteiger partial charge in [-0.2, -0.15) is 8.78 Å². The van der Waals surface area contributed by atoms with Crippen molar-refractivity contribution in [3.8, 4) is 11.5 Å². The molecule has 0 atom stereocenters. The van der Waals surface area contributed by atoms with Crippen LogP contribution < -0.4 is 20.5 Å². The van der Waals surface area contributed by atoms with E-state index in [2.05, 4.69) is 22.0 Å². The number of halogens is 2. The molecule has 0 fully saturated rings. The third-order valence-corrected chi connectivity index (χ3v) is 3.21. The predicted molar refractivity (Wildman–Crippen MR) is 87.1 cm³/mol. The smallest absolute Gasteiger partial charge is 0.387 e. The second-order valence-corrected chi connectivity index (χ2v) is 5.05. The summed E-state index contributed by atoms with van der Waals surface area (Å²) < 4.78 is 34.2. The Labute approximate surface area is 135 Å². The first kappa shape index (κ1) is 19.0. The molecule has 0 radical (unpaired) electrons. The topological polar surface area (TPSA) is 68.9 Å². The fourth-order valence-corrected chi connectivity index (χ4v) is 2.01. The summed E-state index contributed by atoms with van der Waals surface area (Å²) >= 11 is 0. The average molecular weight is 329 g/mol. The first-order valence-electron chi connectivity index (χ1n) is 7.72. The van der Waals surface area contributed by atoms with E-state index < -0.39 is 6.61 Å². The van der Waals surface area contributed by atoms with Crippen LogP contribution >= 0.6 is 0 Å². The predicted octanol–water partition coefficient (Wildman–Crippen LogP) is 3.28. The van der Waals surface area contributed by atoms with Crippen molar-refractivity contribution in [2.45, 2.75) is 45.8 Å². The van der Waals surface area contributed by atoms with Crippen LogP contribution in [0.1, 0.15) is 38.2 Å². The molecule has 0 aliphatic rings. The molecule has 5 nitrogen and oxygen atoms in total. The highest BCUT2D eigenvalue weighted by Gasteiger charge is 2.11. The van der Waals surface area contributed by atoms with Gasteiger partial charge in [0.15, 0.2) is 17.5 Å². The Bertz CT molecular complexity index is 496. The number of guanidine groups is 1. The van der Waals surface area contributed by atoms with Gasteiger partial charge in [0.2, 0.25) is 0 Å². The van der Waals surface area contributed by atoms with Crippen LogP contribution in [0.2, 0.25) is 0 Å². The summed E-state index contributed by atoms with van der Waals surface area (Å²) in [7, 11) is 1.39. The first-order chi connectivity index (χ1) is 11.1. The number of hydrogen-bond donors (Lipinski definition) is 2. The number of nitrogens with one attached hydrogen (secondary N) is 1. The van der Waals surface area contributed by atoms with E-state index in [-0.39, 0.29) is 18.0 Å². The molecule has 0 unspecified atom stereocenters. The average Bonchev–Trinajstić information content (AvgIpc) is 2.52. The van der Waals surface area contributed by atoms with Crippen LogP contribution in [-0.2, 0) is 6.54 Å². The SMILES string of the molecule is CCCCCCNC(N)=NCc1ccc(OC)c(OC(F)F)c1. The Hall–Kier alpha value is -2.05. The van der Waals surface area contributed by atoms with Crippen LogP contribution in [0.5, 0.6) is 11.5 Å². The van der Waals surface area contributed by atoms with E-state index in [1.165, 1.54) is 26.0 Å². The minimum atomic E-state index is -2.91. The number of nitrogens with zero attached hydrogens (tertiary/aromatic N) is 1. The van der Waals surface area contributed by atoms with Gasteiger partial charge in [-0.05, 0) is 24.1 Å². The number of benzene rings is 1. The van der Waals surface area contributed by atoms with Crippen molar-refractivity contribution in [2.24, 2.45) is 10.7 Å². The molecule has 0 aliphatic heterocycles. The third-order valence-electron chi connectivity index (χ3n) is 3.21. The van der Waals surface area contributed by atoms with E-state index in [1.54, 1.807) is 12.1 Å². The zero-order valence-electron chi connectivity index (χ0n) is 13.6. The Morgan fingerprint density at radius 1 is 1.26 bits per heavy atom. The second-order valence-electron chi connectivity index (χ2n) is 5.05. The summed E-state index contributed by atoms with van der Waals surface area (Å²) in [5.41, 5.74) is 6.48. The molecule has 23 heavy (non-hydrogen) atoms. The van der Waals surface area contributed by atoms with E-state index in [0.29, 0.717) is 11.5 Å². The summed E-state index contributed by atoms with van der Waals surface area (Å²) in [6.07, 6.45) is 4.59. The molecule has 0 spiro atoms. The maximum absolute atomic E-state index is 12.4. The monoisotopic (exact) mass is 329 g/mol. The molecule has 0 saturated heterocycles. The zero-order valence-corrected chi connectivity index (χ0v) is 13.6. The molecule has 1 aromatic rings. The van der Waals surface area contributed by atoms with Gasteiger partial charge in [0.25, 0.3) is 0 Å². The van der Waals surface area contributed by atoms with Crippen molar-refractivity contribution in [3.63, 3.8) is 0 Å². The number of alkyl halides is 2. The maximum Gasteiger partial charge on any atom is 0.387 e. The lowest BCUT2D eigenvalue weighted by Crippen LogP contribution is -2.32. The Morgan fingerprint density at radius 2 is 2.04 bits per heavy atom. The van der Waals surface area contributed by atoms with E-state index >= 15 is 0 Å². The lowest BCUT2D eigenvalue weighted by molar-refractivity contribution is -0.0512. The Kier molecular flexibility index (Phi) is 8.79. The highest BCUT2D eigenvalue weighted by molar-refractivity contribution is 5.77. The van der Waals surface area contributed by atoms with Gasteiger partial charge < -0.3 is 20.5 Å². The zero-order chi connectivity index (χ0) is 17.1. The number of unbranched alkanes of at least 4 members (excludes halogenated alkanes) is 3. The van der Waals surface area contributed by atoms with Gasteiger partial charge in [0, 0.05) is 6.54 Å². The first-order valence-corrected chi connectivity index (χ1v) is 7.72. The fraction of sp³-hybridized carbons (Fsp3) is 0.562. The van der Waals surface area contributed by atoms with Gasteiger partial charge in [-0.25, -0.2) is 4.99 Å². The molecule has 130 valence electrons. The van der Waals surface area contributed by atoms with Crippen molar-refractivity contribution in [3.05, 3.63) is 23.8 Å². The molecule has 1 aromatic carbocycles. The summed E-state index contributed by atoms with van der Waals surface area (Å²) in [5.74, 6) is 0.579. The van der Waals surface area contributed by atoms with Crippen LogP contribution in [0.15, 0.2) is 23.2 Å². The lowest BCUT2D eigenvalue weighted by Gasteiger charge is -2.11. The van der Waals surface area contributed by atoms with Gasteiger partial charge in [-0.3, -0.25) is 0 Å². The minimum Gasteiger partial charge on any atom is -0.493 e. The molecular formula is C16H25F2N3O2. The number of aliphatic imine (C=N–C) groups is 1. The molecular weight excluding hydrogens is 304 g/mol. The molecule has 0 heterocycles. The largest absolute Gasteiger partial charge is 0.493 e. The standard InChI is InChI=1S/C16H25F2N3O2/c1-3-4-5-6-9-20-16(19)21-11-12-7-8-13(22-2)14(10-12)23-15(17)18/h7-8,10,15H,3-6,9,11H2,1-2H3,(H3,19,20,21). The lowest BCUT2D eigenvalue weighted by atomic mass is 10.2. The van der Waals surface area contributed by atoms with Crippen molar-refractivity contribution >= 4 is 5.96 Å². The van der Waals surface area contributed by atoms with Crippen molar-refractivity contribution in [1.82, 2.24) is 5.32 Å². The maximum atomic E-state index is 12.4. The summed E-state index contributed by atoms with van der Waals surface area (Å²) in [4.78, 5) is 4.19. The number of ether oxygens (including phenoxy) is 2. The van der Waals surface area contributed by atoms with Gasteiger partial charge in [-0.15, -0.1) is 0 Å². The van der Waals surface area contributed by atoms with Crippen LogP contribution in [0, 0.1) is 0 Å². The van der Waals surface area contributed by atoms with Crippen molar-refractivity contribution < 1.29 is 18.3 Å². The number of methoxy groups -OCH3 is 1. The highest BCUT2D eigenvalue weighted by atomic mass is 19.3. The van der Waals surface area contributed by atoms with Crippen LogP contribution in [0.25, 0.3) is 0 Å². The van der Waals surface area contributed by atoms with Gasteiger partial charge in [0.05, 0.1) is 13.7 Å². The van der Waals surface area contributed by atoms with E-state index in [4.69, 9.17) is 10.5 Å². The third kappa shape index (κ3) is 7.67. The Balaban J connectivity index is 2.54. The normalized spacial score (nSPS) is 11.6. The van der Waals surface area contributed by atoms with E-state index in [9.17, 15) is 8.78 Å². The van der Waals surface area contributed by atoms with Gasteiger partial charge in [0.1, 0.15) is 0 Å². The molecule has 1 rings (SSSR count). The fourth-order valence-electron chi connectivity index (χ4n) is 2.01. The molecule has 0 bridgehead atoms.